The molecule has 2 aliphatic heterocycles. The lowest BCUT2D eigenvalue weighted by molar-refractivity contribution is -0.931. The fraction of sp³-hybridized carbons (Fsp3) is 0.391. The number of aromatic hydroxyl groups is 2. The zero-order chi connectivity index (χ0) is 18.3. The lowest BCUT2D eigenvalue weighted by Gasteiger charge is -2.44. The second-order valence-corrected chi connectivity index (χ2v) is 8.43. The predicted molar refractivity (Wildman–Crippen MR) is 105 cm³/mol. The quantitative estimate of drug-likeness (QED) is 0.798. The lowest BCUT2D eigenvalue weighted by Crippen LogP contribution is -2.54. The summed E-state index contributed by atoms with van der Waals surface area (Å²) in [6, 6.07) is 16.3. The van der Waals surface area contributed by atoms with Gasteiger partial charge in [-0.3, -0.25) is 0 Å². The molecule has 2 aromatic carbocycles. The van der Waals surface area contributed by atoms with Crippen molar-refractivity contribution in [3.8, 4) is 11.5 Å². The monoisotopic (exact) mass is 350 g/mol. The Morgan fingerprint density at radius 1 is 0.885 bits per heavy atom. The first-order valence-corrected chi connectivity index (χ1v) is 9.57. The second-order valence-electron chi connectivity index (χ2n) is 8.43. The van der Waals surface area contributed by atoms with E-state index in [9.17, 15) is 10.2 Å². The maximum absolute atomic E-state index is 9.95. The Labute approximate surface area is 155 Å². The fourth-order valence-electron chi connectivity index (χ4n) is 5.00. The van der Waals surface area contributed by atoms with Gasteiger partial charge in [0.1, 0.15) is 11.5 Å². The lowest BCUT2D eigenvalue weighted by atomic mass is 9.85. The Morgan fingerprint density at radius 3 is 1.85 bits per heavy atom. The SMILES string of the molecule is C[N+]1(C)[C@@H]2CC[C@H]1CC(C=C(c1cccc(O)c1)c1cccc(O)c1)C2. The molecule has 2 heterocycles. The molecule has 2 saturated heterocycles. The minimum atomic E-state index is 0.273. The Morgan fingerprint density at radius 2 is 1.38 bits per heavy atom. The van der Waals surface area contributed by atoms with Crippen molar-refractivity contribution in [3.63, 3.8) is 0 Å². The Balaban J connectivity index is 1.73. The standard InChI is InChI=1S/C23H27NO2/c1-24(2)19-9-10-20(24)12-16(11-19)13-23(17-5-3-7-21(25)14-17)18-6-4-8-22(26)15-18/h3-8,13-16,19-20H,9-12H2,1-2H3,(H-,25,26)/p+1/t16?,19-,20+. The molecule has 2 N–H and O–H groups in total. The van der Waals surface area contributed by atoms with Crippen molar-refractivity contribution in [2.24, 2.45) is 5.92 Å². The highest BCUT2D eigenvalue weighted by atomic mass is 16.3. The largest absolute Gasteiger partial charge is 0.508 e. The summed E-state index contributed by atoms with van der Waals surface area (Å²) in [5, 5.41) is 19.9. The fourth-order valence-corrected chi connectivity index (χ4v) is 5.00. The molecule has 0 saturated carbocycles. The number of nitrogens with zero attached hydrogens (tertiary/aromatic N) is 1. The number of rotatable bonds is 3. The molecule has 0 aromatic heterocycles. The molecule has 4 rings (SSSR count). The highest BCUT2D eigenvalue weighted by Gasteiger charge is 2.48. The van der Waals surface area contributed by atoms with Crippen LogP contribution in [-0.4, -0.2) is 40.9 Å². The molecule has 0 amide bonds. The number of hydrogen-bond acceptors (Lipinski definition) is 2. The average molecular weight is 350 g/mol. The minimum absolute atomic E-state index is 0.273. The van der Waals surface area contributed by atoms with E-state index >= 15 is 0 Å². The van der Waals surface area contributed by atoms with Crippen LogP contribution in [0.1, 0.15) is 36.8 Å². The van der Waals surface area contributed by atoms with E-state index in [1.165, 1.54) is 25.7 Å². The van der Waals surface area contributed by atoms with E-state index in [4.69, 9.17) is 0 Å². The van der Waals surface area contributed by atoms with Gasteiger partial charge in [-0.2, -0.15) is 0 Å². The van der Waals surface area contributed by atoms with Gasteiger partial charge >= 0.3 is 0 Å². The van der Waals surface area contributed by atoms with Crippen LogP contribution in [0.3, 0.4) is 0 Å². The normalized spacial score (nSPS) is 26.5. The summed E-state index contributed by atoms with van der Waals surface area (Å²) in [6.07, 6.45) is 7.47. The van der Waals surface area contributed by atoms with Crippen molar-refractivity contribution in [2.75, 3.05) is 14.1 Å². The average Bonchev–Trinajstić information content (AvgIpc) is 2.77. The number of phenols is 2. The zero-order valence-electron chi connectivity index (χ0n) is 15.6. The highest BCUT2D eigenvalue weighted by molar-refractivity contribution is 5.81. The van der Waals surface area contributed by atoms with E-state index in [2.05, 4.69) is 20.2 Å². The Bertz CT molecular complexity index is 776. The molecule has 136 valence electrons. The topological polar surface area (TPSA) is 40.5 Å². The maximum atomic E-state index is 9.95. The molecule has 2 bridgehead atoms. The van der Waals surface area contributed by atoms with Crippen LogP contribution in [0.15, 0.2) is 54.6 Å². The van der Waals surface area contributed by atoms with Gasteiger partial charge in [0.25, 0.3) is 0 Å². The van der Waals surface area contributed by atoms with Crippen LogP contribution in [-0.2, 0) is 0 Å². The number of piperidine rings is 1. The first kappa shape index (κ1) is 17.2. The summed E-state index contributed by atoms with van der Waals surface area (Å²) in [4.78, 5) is 0. The van der Waals surface area contributed by atoms with Crippen molar-refractivity contribution >= 4 is 5.57 Å². The zero-order valence-corrected chi connectivity index (χ0v) is 15.6. The first-order chi connectivity index (χ1) is 12.4. The van der Waals surface area contributed by atoms with Gasteiger partial charge in [-0.15, -0.1) is 0 Å². The number of benzene rings is 2. The van der Waals surface area contributed by atoms with Crippen LogP contribution >= 0.6 is 0 Å². The van der Waals surface area contributed by atoms with Crippen molar-refractivity contribution in [1.82, 2.24) is 0 Å². The molecule has 2 aromatic rings. The molecule has 3 nitrogen and oxygen atoms in total. The van der Waals surface area contributed by atoms with E-state index in [1.807, 2.05) is 36.4 Å². The van der Waals surface area contributed by atoms with Crippen LogP contribution in [0.25, 0.3) is 5.57 Å². The molecule has 0 radical (unpaired) electrons. The van der Waals surface area contributed by atoms with Gasteiger partial charge < -0.3 is 14.7 Å². The highest BCUT2D eigenvalue weighted by Crippen LogP contribution is 2.44. The summed E-state index contributed by atoms with van der Waals surface area (Å²) < 4.78 is 1.16. The number of allylic oxidation sites excluding steroid dienone is 1. The predicted octanol–water partition coefficient (Wildman–Crippen LogP) is 4.55. The van der Waals surface area contributed by atoms with E-state index in [0.29, 0.717) is 5.92 Å². The van der Waals surface area contributed by atoms with Gasteiger partial charge in [0, 0.05) is 25.7 Å². The number of quaternary nitrogens is 1. The first-order valence-electron chi connectivity index (χ1n) is 9.57. The third-order valence-corrected chi connectivity index (χ3v) is 6.58. The van der Waals surface area contributed by atoms with Crippen LogP contribution in [0.2, 0.25) is 0 Å². The van der Waals surface area contributed by atoms with Crippen molar-refractivity contribution < 1.29 is 14.7 Å². The van der Waals surface area contributed by atoms with E-state index in [-0.39, 0.29) is 11.5 Å². The Kier molecular flexibility index (Phi) is 4.28. The van der Waals surface area contributed by atoms with E-state index in [0.717, 1.165) is 33.3 Å². The number of fused-ring (bicyclic) bond motifs is 2. The van der Waals surface area contributed by atoms with Crippen LogP contribution in [0.5, 0.6) is 11.5 Å². The molecule has 1 unspecified atom stereocenters. The second kappa shape index (κ2) is 6.48. The molecule has 3 heteroatoms. The van der Waals surface area contributed by atoms with Gasteiger partial charge in [0.05, 0.1) is 26.2 Å². The van der Waals surface area contributed by atoms with Gasteiger partial charge in [0.15, 0.2) is 0 Å². The number of phenolic OH excluding ortho intramolecular Hbond substituents is 2. The van der Waals surface area contributed by atoms with Gasteiger partial charge in [-0.25, -0.2) is 0 Å². The molecular formula is C23H28NO2+. The van der Waals surface area contributed by atoms with E-state index in [1.54, 1.807) is 12.1 Å². The van der Waals surface area contributed by atoms with E-state index < -0.39 is 0 Å². The smallest absolute Gasteiger partial charge is 0.116 e. The Hall–Kier alpha value is -2.26. The van der Waals surface area contributed by atoms with Crippen LogP contribution < -0.4 is 0 Å². The molecule has 0 spiro atoms. The maximum Gasteiger partial charge on any atom is 0.116 e. The summed E-state index contributed by atoms with van der Waals surface area (Å²) in [7, 11) is 4.77. The third kappa shape index (κ3) is 3.12. The molecule has 26 heavy (non-hydrogen) atoms. The summed E-state index contributed by atoms with van der Waals surface area (Å²) in [5.74, 6) is 1.09. The molecule has 2 fully saturated rings. The summed E-state index contributed by atoms with van der Waals surface area (Å²) in [5.41, 5.74) is 3.11. The van der Waals surface area contributed by atoms with Gasteiger partial charge in [-0.1, -0.05) is 30.3 Å². The van der Waals surface area contributed by atoms with Crippen molar-refractivity contribution in [2.45, 2.75) is 37.8 Å². The van der Waals surface area contributed by atoms with Crippen LogP contribution in [0, 0.1) is 5.92 Å². The summed E-state index contributed by atoms with van der Waals surface area (Å²) >= 11 is 0. The third-order valence-electron chi connectivity index (χ3n) is 6.58. The number of hydrogen-bond donors (Lipinski definition) is 2. The van der Waals surface area contributed by atoms with Gasteiger partial charge in [0.2, 0.25) is 0 Å². The summed E-state index contributed by atoms with van der Waals surface area (Å²) in [6.45, 7) is 0. The van der Waals surface area contributed by atoms with Gasteiger partial charge in [-0.05, 0) is 46.9 Å². The van der Waals surface area contributed by atoms with Crippen LogP contribution in [0.4, 0.5) is 0 Å². The molecular weight excluding hydrogens is 322 g/mol. The molecule has 0 aliphatic carbocycles. The molecule has 3 atom stereocenters. The van der Waals surface area contributed by atoms with Crippen molar-refractivity contribution in [3.05, 3.63) is 65.7 Å². The molecule has 2 aliphatic rings. The minimum Gasteiger partial charge on any atom is -0.508 e. The van der Waals surface area contributed by atoms with Crippen molar-refractivity contribution in [1.29, 1.82) is 0 Å².